The largest absolute Gasteiger partial charge is 0.313 e. The summed E-state index contributed by atoms with van der Waals surface area (Å²) in [6, 6.07) is 2.05. The van der Waals surface area contributed by atoms with Gasteiger partial charge in [0.05, 0.1) is 16.8 Å². The highest BCUT2D eigenvalue weighted by atomic mass is 79.9. The molecule has 0 saturated carbocycles. The molecule has 15 heavy (non-hydrogen) atoms. The van der Waals surface area contributed by atoms with E-state index in [2.05, 4.69) is 49.8 Å². The number of nitrogens with zero attached hydrogens (tertiary/aromatic N) is 1. The molecule has 0 aromatic carbocycles. The maximum absolute atomic E-state index is 4.09. The highest BCUT2D eigenvalue weighted by Gasteiger charge is 2.11. The van der Waals surface area contributed by atoms with E-state index in [0.717, 1.165) is 23.3 Å². The van der Waals surface area contributed by atoms with Crippen LogP contribution in [0.15, 0.2) is 22.1 Å². The van der Waals surface area contributed by atoms with E-state index in [1.807, 2.05) is 6.20 Å². The number of halogens is 1. The number of H-pyrrole nitrogens is 1. The zero-order valence-electron chi connectivity index (χ0n) is 8.38. The number of aromatic amines is 1. The summed E-state index contributed by atoms with van der Waals surface area (Å²) >= 11 is 5.24. The van der Waals surface area contributed by atoms with Gasteiger partial charge in [0.15, 0.2) is 0 Å². The van der Waals surface area contributed by atoms with Crippen molar-refractivity contribution in [3.05, 3.63) is 27.7 Å². The van der Waals surface area contributed by atoms with Crippen molar-refractivity contribution in [3.8, 4) is 10.6 Å². The molecule has 0 unspecified atom stereocenters. The SMILES string of the molecule is CCNCc1cn[nH]c1-c1sccc1Br. The van der Waals surface area contributed by atoms with E-state index in [9.17, 15) is 0 Å². The lowest BCUT2D eigenvalue weighted by atomic mass is 10.2. The van der Waals surface area contributed by atoms with Crippen LogP contribution in [0.1, 0.15) is 12.5 Å². The van der Waals surface area contributed by atoms with Crippen molar-refractivity contribution in [1.82, 2.24) is 15.5 Å². The predicted molar refractivity (Wildman–Crippen MR) is 67.0 cm³/mol. The fourth-order valence-electron chi connectivity index (χ4n) is 1.37. The monoisotopic (exact) mass is 285 g/mol. The molecule has 2 aromatic heterocycles. The van der Waals surface area contributed by atoms with Gasteiger partial charge in [-0.05, 0) is 33.9 Å². The molecule has 0 radical (unpaired) electrons. The Hall–Kier alpha value is -0.650. The van der Waals surface area contributed by atoms with E-state index in [1.54, 1.807) is 11.3 Å². The first kappa shape index (κ1) is 10.9. The Morgan fingerprint density at radius 2 is 2.47 bits per heavy atom. The minimum Gasteiger partial charge on any atom is -0.313 e. The lowest BCUT2D eigenvalue weighted by Crippen LogP contribution is -2.11. The summed E-state index contributed by atoms with van der Waals surface area (Å²) < 4.78 is 1.12. The van der Waals surface area contributed by atoms with Gasteiger partial charge in [0.25, 0.3) is 0 Å². The Labute approximate surface area is 101 Å². The van der Waals surface area contributed by atoms with Crippen molar-refractivity contribution >= 4 is 27.3 Å². The lowest BCUT2D eigenvalue weighted by molar-refractivity contribution is 0.728. The summed E-state index contributed by atoms with van der Waals surface area (Å²) in [5.74, 6) is 0. The maximum atomic E-state index is 4.09. The molecular formula is C10H12BrN3S. The van der Waals surface area contributed by atoms with Crippen molar-refractivity contribution in [2.45, 2.75) is 13.5 Å². The smallest absolute Gasteiger partial charge is 0.0806 e. The van der Waals surface area contributed by atoms with Crippen LogP contribution in [0, 0.1) is 0 Å². The summed E-state index contributed by atoms with van der Waals surface area (Å²) in [5, 5.41) is 12.5. The average Bonchev–Trinajstić information content (AvgIpc) is 2.82. The summed E-state index contributed by atoms with van der Waals surface area (Å²) in [4.78, 5) is 1.21. The topological polar surface area (TPSA) is 40.7 Å². The van der Waals surface area contributed by atoms with E-state index in [0.29, 0.717) is 0 Å². The van der Waals surface area contributed by atoms with Gasteiger partial charge in [0.1, 0.15) is 0 Å². The molecule has 0 spiro atoms. The number of aromatic nitrogens is 2. The summed E-state index contributed by atoms with van der Waals surface area (Å²) in [5.41, 5.74) is 2.32. The van der Waals surface area contributed by atoms with Crippen LogP contribution in [0.3, 0.4) is 0 Å². The van der Waals surface area contributed by atoms with Crippen molar-refractivity contribution in [2.75, 3.05) is 6.54 Å². The Bertz CT molecular complexity index is 435. The third-order valence-corrected chi connectivity index (χ3v) is 3.98. The van der Waals surface area contributed by atoms with Crippen LogP contribution < -0.4 is 5.32 Å². The first-order valence-corrected chi connectivity index (χ1v) is 6.46. The van der Waals surface area contributed by atoms with Crippen molar-refractivity contribution < 1.29 is 0 Å². The Morgan fingerprint density at radius 1 is 1.60 bits per heavy atom. The normalized spacial score (nSPS) is 10.8. The second kappa shape index (κ2) is 4.92. The zero-order chi connectivity index (χ0) is 10.7. The van der Waals surface area contributed by atoms with Gasteiger partial charge in [0, 0.05) is 16.6 Å². The maximum Gasteiger partial charge on any atom is 0.0806 e. The molecule has 0 saturated heterocycles. The molecule has 2 heterocycles. The van der Waals surface area contributed by atoms with Crippen molar-refractivity contribution in [3.63, 3.8) is 0 Å². The molecule has 0 aliphatic carbocycles. The van der Waals surface area contributed by atoms with E-state index in [4.69, 9.17) is 0 Å². The van der Waals surface area contributed by atoms with Gasteiger partial charge in [-0.1, -0.05) is 6.92 Å². The Kier molecular flexibility index (Phi) is 3.56. The van der Waals surface area contributed by atoms with Crippen LogP contribution in [0.4, 0.5) is 0 Å². The van der Waals surface area contributed by atoms with Gasteiger partial charge in [-0.25, -0.2) is 0 Å². The van der Waals surface area contributed by atoms with Gasteiger partial charge < -0.3 is 5.32 Å². The molecule has 3 nitrogen and oxygen atoms in total. The van der Waals surface area contributed by atoms with Gasteiger partial charge in [-0.3, -0.25) is 5.10 Å². The average molecular weight is 286 g/mol. The molecule has 0 amide bonds. The van der Waals surface area contributed by atoms with Crippen molar-refractivity contribution in [2.24, 2.45) is 0 Å². The zero-order valence-corrected chi connectivity index (χ0v) is 10.8. The Morgan fingerprint density at radius 3 is 3.13 bits per heavy atom. The molecular weight excluding hydrogens is 274 g/mol. The number of thiophene rings is 1. The molecule has 0 atom stereocenters. The molecule has 80 valence electrons. The fraction of sp³-hybridized carbons (Fsp3) is 0.300. The van der Waals surface area contributed by atoms with Crippen LogP contribution in [-0.4, -0.2) is 16.7 Å². The molecule has 0 fully saturated rings. The van der Waals surface area contributed by atoms with Crippen LogP contribution >= 0.6 is 27.3 Å². The van der Waals surface area contributed by atoms with E-state index >= 15 is 0 Å². The molecule has 0 aliphatic rings. The third-order valence-electron chi connectivity index (χ3n) is 2.13. The summed E-state index contributed by atoms with van der Waals surface area (Å²) in [6.45, 7) is 3.92. The Balaban J connectivity index is 2.29. The number of hydrogen-bond donors (Lipinski definition) is 2. The molecule has 0 aliphatic heterocycles. The van der Waals surface area contributed by atoms with Gasteiger partial charge >= 0.3 is 0 Å². The standard InChI is InChI=1S/C10H12BrN3S/c1-2-12-5-7-6-13-14-9(7)10-8(11)3-4-15-10/h3-4,6,12H,2,5H2,1H3,(H,13,14). The van der Waals surface area contributed by atoms with Crippen LogP contribution in [0.2, 0.25) is 0 Å². The first-order valence-electron chi connectivity index (χ1n) is 4.79. The van der Waals surface area contributed by atoms with Gasteiger partial charge in [0.2, 0.25) is 0 Å². The second-order valence-corrected chi connectivity index (χ2v) is 4.92. The van der Waals surface area contributed by atoms with E-state index in [1.165, 1.54) is 10.4 Å². The number of hydrogen-bond acceptors (Lipinski definition) is 3. The number of nitrogens with one attached hydrogen (secondary N) is 2. The van der Waals surface area contributed by atoms with Crippen LogP contribution in [-0.2, 0) is 6.54 Å². The fourth-order valence-corrected chi connectivity index (χ4v) is 2.97. The van der Waals surface area contributed by atoms with Crippen molar-refractivity contribution in [1.29, 1.82) is 0 Å². The predicted octanol–water partition coefficient (Wildman–Crippen LogP) is 3.01. The quantitative estimate of drug-likeness (QED) is 0.907. The van der Waals surface area contributed by atoms with Gasteiger partial charge in [-0.2, -0.15) is 5.10 Å². The minimum absolute atomic E-state index is 0.854. The molecule has 2 aromatic rings. The highest BCUT2D eigenvalue weighted by molar-refractivity contribution is 9.10. The highest BCUT2D eigenvalue weighted by Crippen LogP contribution is 2.33. The molecule has 2 N–H and O–H groups in total. The second-order valence-electron chi connectivity index (χ2n) is 3.15. The molecule has 2 rings (SSSR count). The van der Waals surface area contributed by atoms with E-state index in [-0.39, 0.29) is 0 Å². The third kappa shape index (κ3) is 2.30. The lowest BCUT2D eigenvalue weighted by Gasteiger charge is -2.02. The van der Waals surface area contributed by atoms with E-state index < -0.39 is 0 Å². The van der Waals surface area contributed by atoms with Gasteiger partial charge in [-0.15, -0.1) is 11.3 Å². The number of rotatable bonds is 4. The first-order chi connectivity index (χ1) is 7.33. The van der Waals surface area contributed by atoms with Crippen LogP contribution in [0.5, 0.6) is 0 Å². The summed E-state index contributed by atoms with van der Waals surface area (Å²) in [6.07, 6.45) is 1.88. The van der Waals surface area contributed by atoms with Crippen LogP contribution in [0.25, 0.3) is 10.6 Å². The molecule has 0 bridgehead atoms. The minimum atomic E-state index is 0.854. The molecule has 5 heteroatoms. The summed E-state index contributed by atoms with van der Waals surface area (Å²) in [7, 11) is 0.